The maximum Gasteiger partial charge on any atom is 0.164 e. The van der Waals surface area contributed by atoms with Gasteiger partial charge in [0.15, 0.2) is 17.5 Å². The van der Waals surface area contributed by atoms with E-state index in [1.165, 1.54) is 10.9 Å². The summed E-state index contributed by atoms with van der Waals surface area (Å²) in [7, 11) is 0. The molecule has 9 aromatic rings. The van der Waals surface area contributed by atoms with Gasteiger partial charge in [0.2, 0.25) is 0 Å². The van der Waals surface area contributed by atoms with E-state index in [9.17, 15) is 0 Å². The van der Waals surface area contributed by atoms with E-state index in [-0.39, 0.29) is 0 Å². The smallest absolute Gasteiger partial charge is 0.164 e. The highest BCUT2D eigenvalue weighted by molar-refractivity contribution is 6.12. The molecular formula is C43H27N3O. The minimum atomic E-state index is 0.601. The van der Waals surface area contributed by atoms with Gasteiger partial charge in [-0.25, -0.2) is 15.0 Å². The van der Waals surface area contributed by atoms with Crippen LogP contribution in [-0.2, 0) is 0 Å². The summed E-state index contributed by atoms with van der Waals surface area (Å²) in [5.41, 5.74) is 8.97. The van der Waals surface area contributed by atoms with E-state index in [1.807, 2.05) is 24.3 Å². The van der Waals surface area contributed by atoms with Crippen molar-refractivity contribution >= 4 is 32.7 Å². The van der Waals surface area contributed by atoms with Gasteiger partial charge in [0.1, 0.15) is 11.2 Å². The van der Waals surface area contributed by atoms with Crippen molar-refractivity contribution in [2.75, 3.05) is 0 Å². The van der Waals surface area contributed by atoms with Crippen LogP contribution in [0.3, 0.4) is 0 Å². The lowest BCUT2D eigenvalue weighted by Crippen LogP contribution is -2.00. The predicted octanol–water partition coefficient (Wildman–Crippen LogP) is 11.3. The molecule has 0 spiro atoms. The third-order valence-corrected chi connectivity index (χ3v) is 8.74. The van der Waals surface area contributed by atoms with E-state index in [1.54, 1.807) is 0 Å². The standard InChI is InChI=1S/C43H27N3O/c1-3-10-28(11-4-1)31-18-21-32(22-19-31)41-44-42(35-23-20-30-14-7-8-15-33(30)26-35)46-43(45-41)36-16-9-17-39-40(36)37-27-34(24-25-38(37)47-39)29-12-5-2-6-13-29/h1-27H. The number of nitrogens with zero attached hydrogens (tertiary/aromatic N) is 3. The Morgan fingerprint density at radius 1 is 0.340 bits per heavy atom. The molecule has 9 rings (SSSR count). The fraction of sp³-hybridized carbons (Fsp3) is 0. The molecule has 0 saturated heterocycles. The minimum absolute atomic E-state index is 0.601. The second-order valence-electron chi connectivity index (χ2n) is 11.7. The molecule has 0 unspecified atom stereocenters. The van der Waals surface area contributed by atoms with Crippen LogP contribution >= 0.6 is 0 Å². The molecule has 0 saturated carbocycles. The molecule has 47 heavy (non-hydrogen) atoms. The van der Waals surface area contributed by atoms with E-state index >= 15 is 0 Å². The van der Waals surface area contributed by atoms with Crippen molar-refractivity contribution in [2.45, 2.75) is 0 Å². The normalized spacial score (nSPS) is 11.4. The number of furan rings is 1. The van der Waals surface area contributed by atoms with Crippen LogP contribution in [0.5, 0.6) is 0 Å². The van der Waals surface area contributed by atoms with Gasteiger partial charge in [-0.05, 0) is 57.3 Å². The molecule has 4 heteroatoms. The number of benzene rings is 7. The molecule has 0 N–H and O–H groups in total. The van der Waals surface area contributed by atoms with Crippen LogP contribution in [0.15, 0.2) is 168 Å². The number of hydrogen-bond acceptors (Lipinski definition) is 4. The van der Waals surface area contributed by atoms with Crippen LogP contribution in [0, 0.1) is 0 Å². The molecule has 0 radical (unpaired) electrons. The van der Waals surface area contributed by atoms with E-state index in [0.717, 1.165) is 60.7 Å². The first kappa shape index (κ1) is 27.0. The molecule has 2 aromatic heterocycles. The second kappa shape index (κ2) is 11.2. The quantitative estimate of drug-likeness (QED) is 0.197. The van der Waals surface area contributed by atoms with Gasteiger partial charge in [0, 0.05) is 27.5 Å². The molecule has 4 nitrogen and oxygen atoms in total. The van der Waals surface area contributed by atoms with Gasteiger partial charge in [-0.2, -0.15) is 0 Å². The molecule has 0 amide bonds. The topological polar surface area (TPSA) is 51.8 Å². The first-order chi connectivity index (χ1) is 23.3. The van der Waals surface area contributed by atoms with Gasteiger partial charge in [-0.1, -0.05) is 140 Å². The Morgan fingerprint density at radius 3 is 1.68 bits per heavy atom. The van der Waals surface area contributed by atoms with Gasteiger partial charge in [0.05, 0.1) is 0 Å². The summed E-state index contributed by atoms with van der Waals surface area (Å²) in [5, 5.41) is 4.32. The summed E-state index contributed by atoms with van der Waals surface area (Å²) in [4.78, 5) is 15.3. The number of hydrogen-bond donors (Lipinski definition) is 0. The highest BCUT2D eigenvalue weighted by atomic mass is 16.3. The molecule has 0 bridgehead atoms. The third kappa shape index (κ3) is 4.93. The Morgan fingerprint density at radius 2 is 0.915 bits per heavy atom. The van der Waals surface area contributed by atoms with Gasteiger partial charge in [-0.3, -0.25) is 0 Å². The van der Waals surface area contributed by atoms with Gasteiger partial charge in [0.25, 0.3) is 0 Å². The number of fused-ring (bicyclic) bond motifs is 4. The summed E-state index contributed by atoms with van der Waals surface area (Å²) < 4.78 is 6.37. The van der Waals surface area contributed by atoms with Crippen LogP contribution < -0.4 is 0 Å². The van der Waals surface area contributed by atoms with Crippen LogP contribution in [0.1, 0.15) is 0 Å². The Labute approximate surface area is 271 Å². The van der Waals surface area contributed by atoms with Gasteiger partial charge >= 0.3 is 0 Å². The Balaban J connectivity index is 1.25. The van der Waals surface area contributed by atoms with Crippen molar-refractivity contribution in [3.05, 3.63) is 164 Å². The number of rotatable bonds is 5. The maximum absolute atomic E-state index is 6.37. The zero-order valence-electron chi connectivity index (χ0n) is 25.3. The van der Waals surface area contributed by atoms with Gasteiger partial charge < -0.3 is 4.42 Å². The van der Waals surface area contributed by atoms with Crippen molar-refractivity contribution < 1.29 is 4.42 Å². The zero-order chi connectivity index (χ0) is 31.2. The highest BCUT2D eigenvalue weighted by Crippen LogP contribution is 2.38. The fourth-order valence-corrected chi connectivity index (χ4v) is 6.35. The van der Waals surface area contributed by atoms with Crippen LogP contribution in [0.25, 0.3) is 89.1 Å². The summed E-state index contributed by atoms with van der Waals surface area (Å²) in [6, 6.07) is 56.4. The fourth-order valence-electron chi connectivity index (χ4n) is 6.35. The highest BCUT2D eigenvalue weighted by Gasteiger charge is 2.18. The number of aromatic nitrogens is 3. The summed E-state index contributed by atoms with van der Waals surface area (Å²) in [5.74, 6) is 1.84. The average molecular weight is 602 g/mol. The van der Waals surface area contributed by atoms with Crippen molar-refractivity contribution in [1.82, 2.24) is 15.0 Å². The molecule has 0 atom stereocenters. The zero-order valence-corrected chi connectivity index (χ0v) is 25.3. The van der Waals surface area contributed by atoms with Crippen molar-refractivity contribution in [1.29, 1.82) is 0 Å². The van der Waals surface area contributed by atoms with Crippen LogP contribution in [0.4, 0.5) is 0 Å². The van der Waals surface area contributed by atoms with E-state index < -0.39 is 0 Å². The lowest BCUT2D eigenvalue weighted by Gasteiger charge is -2.10. The molecule has 2 heterocycles. The first-order valence-electron chi connectivity index (χ1n) is 15.7. The van der Waals surface area contributed by atoms with Crippen LogP contribution in [0.2, 0.25) is 0 Å². The summed E-state index contributed by atoms with van der Waals surface area (Å²) >= 11 is 0. The largest absolute Gasteiger partial charge is 0.456 e. The maximum atomic E-state index is 6.37. The molecule has 220 valence electrons. The minimum Gasteiger partial charge on any atom is -0.456 e. The Kier molecular flexibility index (Phi) is 6.43. The molecule has 0 aliphatic carbocycles. The third-order valence-electron chi connectivity index (χ3n) is 8.74. The monoisotopic (exact) mass is 601 g/mol. The molecule has 0 fully saturated rings. The second-order valence-corrected chi connectivity index (χ2v) is 11.7. The van der Waals surface area contributed by atoms with Gasteiger partial charge in [-0.15, -0.1) is 0 Å². The van der Waals surface area contributed by atoms with Crippen LogP contribution in [-0.4, -0.2) is 15.0 Å². The summed E-state index contributed by atoms with van der Waals surface area (Å²) in [6.45, 7) is 0. The lowest BCUT2D eigenvalue weighted by atomic mass is 10.0. The Hall–Kier alpha value is -6.39. The average Bonchev–Trinajstić information content (AvgIpc) is 3.53. The Bertz CT molecular complexity index is 2550. The summed E-state index contributed by atoms with van der Waals surface area (Å²) in [6.07, 6.45) is 0. The molecule has 0 aliphatic rings. The van der Waals surface area contributed by atoms with E-state index in [4.69, 9.17) is 19.4 Å². The molecule has 7 aromatic carbocycles. The van der Waals surface area contributed by atoms with Crippen molar-refractivity contribution in [2.24, 2.45) is 0 Å². The van der Waals surface area contributed by atoms with Crippen molar-refractivity contribution in [3.63, 3.8) is 0 Å². The van der Waals surface area contributed by atoms with Crippen molar-refractivity contribution in [3.8, 4) is 56.4 Å². The molecular weight excluding hydrogens is 574 g/mol. The lowest BCUT2D eigenvalue weighted by molar-refractivity contribution is 0.669. The SMILES string of the molecule is c1ccc(-c2ccc(-c3nc(-c4ccc5ccccc5c4)nc(-c4cccc5oc6ccc(-c7ccccc7)cc6c45)n3)cc2)cc1. The van der Waals surface area contributed by atoms with E-state index in [2.05, 4.69) is 140 Å². The first-order valence-corrected chi connectivity index (χ1v) is 15.7. The van der Waals surface area contributed by atoms with E-state index in [0.29, 0.717) is 17.5 Å². The predicted molar refractivity (Wildman–Crippen MR) is 192 cm³/mol. The molecule has 0 aliphatic heterocycles.